The summed E-state index contributed by atoms with van der Waals surface area (Å²) < 4.78 is 5.12. The van der Waals surface area contributed by atoms with Gasteiger partial charge in [0.05, 0.1) is 6.61 Å². The fourth-order valence-corrected chi connectivity index (χ4v) is 3.86. The molecule has 6 heteroatoms. The molecule has 0 spiro atoms. The summed E-state index contributed by atoms with van der Waals surface area (Å²) in [5.41, 5.74) is 0. The first-order valence-corrected chi connectivity index (χ1v) is 13.8. The predicted octanol–water partition coefficient (Wildman–Crippen LogP) is 6.21. The van der Waals surface area contributed by atoms with Crippen molar-refractivity contribution < 1.29 is 19.1 Å². The first kappa shape index (κ1) is 31.4. The molecule has 0 rings (SSSR count). The van der Waals surface area contributed by atoms with Crippen molar-refractivity contribution in [1.29, 1.82) is 0 Å². The number of unbranched alkanes of at least 4 members (excludes halogenated alkanes) is 12. The molecule has 1 atom stereocenters. The Morgan fingerprint density at radius 3 is 1.73 bits per heavy atom. The van der Waals surface area contributed by atoms with Crippen LogP contribution in [-0.4, -0.2) is 37.0 Å². The fraction of sp³-hybridized carbons (Fsp3) is 0.889. The van der Waals surface area contributed by atoms with E-state index in [0.29, 0.717) is 32.4 Å². The van der Waals surface area contributed by atoms with Crippen LogP contribution in [0.15, 0.2) is 0 Å². The molecule has 0 fully saturated rings. The zero-order valence-electron chi connectivity index (χ0n) is 21.9. The maximum Gasteiger partial charge on any atom is 0.328 e. The van der Waals surface area contributed by atoms with Crippen molar-refractivity contribution in [1.82, 2.24) is 10.6 Å². The van der Waals surface area contributed by atoms with Gasteiger partial charge in [-0.05, 0) is 39.0 Å². The summed E-state index contributed by atoms with van der Waals surface area (Å²) >= 11 is 0. The minimum atomic E-state index is -0.596. The van der Waals surface area contributed by atoms with E-state index in [2.05, 4.69) is 24.5 Å². The summed E-state index contributed by atoms with van der Waals surface area (Å²) in [6, 6.07) is -0.596. The summed E-state index contributed by atoms with van der Waals surface area (Å²) in [7, 11) is 0. The Morgan fingerprint density at radius 1 is 0.636 bits per heavy atom. The molecule has 0 saturated carbocycles. The molecule has 0 aromatic heterocycles. The molecule has 0 aromatic rings. The lowest BCUT2D eigenvalue weighted by Crippen LogP contribution is -2.41. The minimum Gasteiger partial charge on any atom is -0.464 e. The number of ether oxygens (including phenoxy) is 1. The first-order chi connectivity index (χ1) is 16.0. The molecule has 6 nitrogen and oxygen atoms in total. The van der Waals surface area contributed by atoms with Gasteiger partial charge in [0.25, 0.3) is 0 Å². The van der Waals surface area contributed by atoms with Crippen molar-refractivity contribution in [3.8, 4) is 0 Å². The van der Waals surface area contributed by atoms with Gasteiger partial charge in [0.2, 0.25) is 11.8 Å². The van der Waals surface area contributed by atoms with E-state index < -0.39 is 6.04 Å². The van der Waals surface area contributed by atoms with Crippen LogP contribution < -0.4 is 10.6 Å². The summed E-state index contributed by atoms with van der Waals surface area (Å²) in [6.07, 6.45) is 18.5. The van der Waals surface area contributed by atoms with Gasteiger partial charge in [-0.2, -0.15) is 0 Å². The second-order valence-electron chi connectivity index (χ2n) is 9.11. The van der Waals surface area contributed by atoms with Crippen LogP contribution in [0.2, 0.25) is 0 Å². The quantitative estimate of drug-likeness (QED) is 0.138. The third-order valence-corrected chi connectivity index (χ3v) is 5.91. The minimum absolute atomic E-state index is 0.0848. The topological polar surface area (TPSA) is 84.5 Å². The van der Waals surface area contributed by atoms with Crippen molar-refractivity contribution in [2.75, 3.05) is 13.2 Å². The number of carbonyl (C=O) groups is 3. The third-order valence-electron chi connectivity index (χ3n) is 5.91. The highest BCUT2D eigenvalue weighted by Crippen LogP contribution is 2.11. The molecule has 194 valence electrons. The fourth-order valence-electron chi connectivity index (χ4n) is 3.86. The third kappa shape index (κ3) is 20.7. The van der Waals surface area contributed by atoms with E-state index in [1.807, 2.05) is 0 Å². The van der Waals surface area contributed by atoms with Crippen LogP contribution in [0.1, 0.15) is 136 Å². The maximum atomic E-state index is 12.2. The van der Waals surface area contributed by atoms with E-state index >= 15 is 0 Å². The molecule has 0 bridgehead atoms. The number of carbonyl (C=O) groups excluding carboxylic acids is 3. The number of esters is 1. The van der Waals surface area contributed by atoms with Gasteiger partial charge < -0.3 is 15.4 Å². The molecular weight excluding hydrogens is 416 g/mol. The van der Waals surface area contributed by atoms with Gasteiger partial charge in [0.1, 0.15) is 6.04 Å². The number of hydrogen-bond donors (Lipinski definition) is 2. The van der Waals surface area contributed by atoms with Crippen molar-refractivity contribution in [3.63, 3.8) is 0 Å². The second-order valence-corrected chi connectivity index (χ2v) is 9.11. The van der Waals surface area contributed by atoms with E-state index in [1.54, 1.807) is 6.92 Å². The number of nitrogens with one attached hydrogen (secondary N) is 2. The van der Waals surface area contributed by atoms with E-state index in [4.69, 9.17) is 4.74 Å². The lowest BCUT2D eigenvalue weighted by Gasteiger charge is -2.17. The van der Waals surface area contributed by atoms with E-state index in [1.165, 1.54) is 44.9 Å². The average Bonchev–Trinajstić information content (AvgIpc) is 2.80. The van der Waals surface area contributed by atoms with Gasteiger partial charge in [-0.15, -0.1) is 0 Å². The lowest BCUT2D eigenvalue weighted by molar-refractivity contribution is -0.147. The average molecular weight is 469 g/mol. The van der Waals surface area contributed by atoms with Gasteiger partial charge in [-0.3, -0.25) is 9.59 Å². The summed E-state index contributed by atoms with van der Waals surface area (Å²) in [6.45, 7) is 7.05. The van der Waals surface area contributed by atoms with E-state index in [-0.39, 0.29) is 17.8 Å². The van der Waals surface area contributed by atoms with Crippen LogP contribution in [0.4, 0.5) is 0 Å². The predicted molar refractivity (Wildman–Crippen MR) is 136 cm³/mol. The Balaban J connectivity index is 3.89. The molecular formula is C27H52N2O4. The van der Waals surface area contributed by atoms with Crippen molar-refractivity contribution in [2.45, 2.75) is 142 Å². The molecule has 2 amide bonds. The number of amides is 2. The van der Waals surface area contributed by atoms with Gasteiger partial charge in [-0.25, -0.2) is 4.79 Å². The molecule has 2 N–H and O–H groups in total. The molecule has 33 heavy (non-hydrogen) atoms. The van der Waals surface area contributed by atoms with Crippen molar-refractivity contribution in [2.24, 2.45) is 0 Å². The van der Waals surface area contributed by atoms with Gasteiger partial charge in [-0.1, -0.05) is 84.5 Å². The number of hydrogen-bond acceptors (Lipinski definition) is 4. The molecule has 0 aromatic carbocycles. The monoisotopic (exact) mass is 468 g/mol. The number of rotatable bonds is 23. The smallest absolute Gasteiger partial charge is 0.328 e. The first-order valence-electron chi connectivity index (χ1n) is 13.8. The highest BCUT2D eigenvalue weighted by Gasteiger charge is 2.21. The summed E-state index contributed by atoms with van der Waals surface area (Å²) in [4.78, 5) is 36.3. The van der Waals surface area contributed by atoms with Crippen molar-refractivity contribution in [3.05, 3.63) is 0 Å². The Morgan fingerprint density at radius 2 is 1.15 bits per heavy atom. The Labute approximate surface area is 203 Å². The summed E-state index contributed by atoms with van der Waals surface area (Å²) in [5.74, 6) is -0.340. The molecule has 0 heterocycles. The van der Waals surface area contributed by atoms with Crippen molar-refractivity contribution >= 4 is 17.8 Å². The van der Waals surface area contributed by atoms with Gasteiger partial charge in [0, 0.05) is 19.4 Å². The van der Waals surface area contributed by atoms with Crippen LogP contribution in [0.3, 0.4) is 0 Å². The Kier molecular flexibility index (Phi) is 22.4. The normalized spacial score (nSPS) is 11.7. The highest BCUT2D eigenvalue weighted by atomic mass is 16.5. The molecule has 0 radical (unpaired) electrons. The zero-order chi connectivity index (χ0) is 24.6. The SMILES string of the molecule is CCCCCCCCCCCC(=O)NCCCC[C@H](NC(=O)CCCCCC)C(=O)OCC. The molecule has 0 aliphatic heterocycles. The van der Waals surface area contributed by atoms with Crippen LogP contribution in [0.5, 0.6) is 0 Å². The van der Waals surface area contributed by atoms with Crippen LogP contribution >= 0.6 is 0 Å². The van der Waals surface area contributed by atoms with E-state index in [9.17, 15) is 14.4 Å². The largest absolute Gasteiger partial charge is 0.464 e. The maximum absolute atomic E-state index is 12.2. The van der Waals surface area contributed by atoms with Gasteiger partial charge in [0.15, 0.2) is 0 Å². The Hall–Kier alpha value is -1.59. The van der Waals surface area contributed by atoms with Crippen LogP contribution in [-0.2, 0) is 19.1 Å². The molecule has 0 aliphatic carbocycles. The Bertz CT molecular complexity index is 497. The van der Waals surface area contributed by atoms with Gasteiger partial charge >= 0.3 is 5.97 Å². The second kappa shape index (κ2) is 23.6. The molecule has 0 unspecified atom stereocenters. The van der Waals surface area contributed by atoms with Crippen LogP contribution in [0.25, 0.3) is 0 Å². The van der Waals surface area contributed by atoms with E-state index in [0.717, 1.165) is 51.4 Å². The standard InChI is InChI=1S/C27H52N2O4/c1-4-7-9-11-12-13-14-15-17-21-25(30)28-23-19-18-20-24(27(32)33-6-3)29-26(31)22-16-10-8-5-2/h24H,4-23H2,1-3H3,(H,28,30)(H,29,31)/t24-/m0/s1. The highest BCUT2D eigenvalue weighted by molar-refractivity contribution is 5.84. The zero-order valence-corrected chi connectivity index (χ0v) is 21.9. The molecule has 0 aliphatic rings. The molecule has 0 saturated heterocycles. The summed E-state index contributed by atoms with van der Waals surface area (Å²) in [5, 5.41) is 5.81. The lowest BCUT2D eigenvalue weighted by atomic mass is 10.1. The van der Waals surface area contributed by atoms with Crippen LogP contribution in [0, 0.1) is 0 Å².